The van der Waals surface area contributed by atoms with Crippen LogP contribution in [-0.4, -0.2) is 35.6 Å². The average molecular weight is 296 g/mol. The molecule has 22 heavy (non-hydrogen) atoms. The Morgan fingerprint density at radius 2 is 2.09 bits per heavy atom. The summed E-state index contributed by atoms with van der Waals surface area (Å²) in [5.41, 5.74) is 2.00. The van der Waals surface area contributed by atoms with Crippen LogP contribution in [-0.2, 0) is 4.79 Å². The Morgan fingerprint density at radius 3 is 2.73 bits per heavy atom. The van der Waals surface area contributed by atoms with Gasteiger partial charge in [-0.25, -0.2) is 9.79 Å². The van der Waals surface area contributed by atoms with Crippen LogP contribution in [0.2, 0.25) is 0 Å². The van der Waals surface area contributed by atoms with Crippen molar-refractivity contribution in [1.82, 2.24) is 10.2 Å². The van der Waals surface area contributed by atoms with Crippen molar-refractivity contribution in [3.05, 3.63) is 35.4 Å². The molecule has 1 aromatic carbocycles. The fourth-order valence-corrected chi connectivity index (χ4v) is 3.03. The highest BCUT2D eigenvalue weighted by Crippen LogP contribution is 2.32. The molecule has 1 fully saturated rings. The van der Waals surface area contributed by atoms with Crippen LogP contribution in [0.25, 0.3) is 0 Å². The van der Waals surface area contributed by atoms with Gasteiger partial charge in [0.15, 0.2) is 0 Å². The number of nitrogens with one attached hydrogen (secondary N) is 1. The van der Waals surface area contributed by atoms with Crippen molar-refractivity contribution < 1.29 is 9.59 Å². The molecule has 1 N–H and O–H groups in total. The molecule has 6 heteroatoms. The van der Waals surface area contributed by atoms with Crippen molar-refractivity contribution in [2.45, 2.75) is 19.4 Å². The Bertz CT molecular complexity index is 687. The third-order valence-corrected chi connectivity index (χ3v) is 4.04. The van der Waals surface area contributed by atoms with Gasteiger partial charge in [0, 0.05) is 6.54 Å². The van der Waals surface area contributed by atoms with Crippen molar-refractivity contribution in [3.63, 3.8) is 0 Å². The molecule has 0 spiro atoms. The molecule has 0 radical (unpaired) electrons. The number of hydrogen-bond donors (Lipinski definition) is 1. The quantitative estimate of drug-likeness (QED) is 0.920. The topological polar surface area (TPSA) is 85.6 Å². The molecule has 0 aromatic heterocycles. The molecule has 0 saturated carbocycles. The number of aliphatic imine (C=N–C) groups is 1. The number of carbonyl (C=O) groups excluding carboxylic acids is 2. The Kier molecular flexibility index (Phi) is 3.63. The number of benzene rings is 1. The van der Waals surface area contributed by atoms with E-state index in [2.05, 4.69) is 16.4 Å². The fourth-order valence-electron chi connectivity index (χ4n) is 3.03. The number of fused-ring (bicyclic) bond motifs is 1. The zero-order chi connectivity index (χ0) is 15.7. The Morgan fingerprint density at radius 1 is 1.36 bits per heavy atom. The van der Waals surface area contributed by atoms with Crippen LogP contribution in [0.4, 0.5) is 4.79 Å². The normalized spacial score (nSPS) is 23.6. The fraction of sp³-hybridized carbons (Fsp3) is 0.375. The van der Waals surface area contributed by atoms with Crippen molar-refractivity contribution >= 4 is 17.6 Å². The second-order valence-electron chi connectivity index (χ2n) is 5.50. The van der Waals surface area contributed by atoms with E-state index in [1.807, 2.05) is 6.92 Å². The first kappa shape index (κ1) is 14.3. The number of rotatable bonds is 3. The molecular weight excluding hydrogens is 280 g/mol. The second-order valence-corrected chi connectivity index (χ2v) is 5.50. The van der Waals surface area contributed by atoms with Gasteiger partial charge >= 0.3 is 6.03 Å². The monoisotopic (exact) mass is 296 g/mol. The highest BCUT2D eigenvalue weighted by molar-refractivity contribution is 6.16. The number of urea groups is 1. The molecule has 1 aromatic rings. The van der Waals surface area contributed by atoms with Crippen LogP contribution in [0.3, 0.4) is 0 Å². The van der Waals surface area contributed by atoms with Gasteiger partial charge in [0.05, 0.1) is 29.9 Å². The number of carbonyl (C=O) groups is 2. The first-order chi connectivity index (χ1) is 10.6. The zero-order valence-electron chi connectivity index (χ0n) is 12.2. The number of nitriles is 1. The van der Waals surface area contributed by atoms with Gasteiger partial charge in [0.1, 0.15) is 5.92 Å². The maximum Gasteiger partial charge on any atom is 0.341 e. The van der Waals surface area contributed by atoms with Gasteiger partial charge in [-0.15, -0.1) is 0 Å². The van der Waals surface area contributed by atoms with Crippen LogP contribution in [0.1, 0.15) is 30.5 Å². The predicted octanol–water partition coefficient (Wildman–Crippen LogP) is 1.63. The lowest BCUT2D eigenvalue weighted by atomic mass is 9.89. The molecular formula is C16H16N4O2. The van der Waals surface area contributed by atoms with Gasteiger partial charge in [0.2, 0.25) is 5.91 Å². The molecule has 1 saturated heterocycles. The predicted molar refractivity (Wildman–Crippen MR) is 80.2 cm³/mol. The molecule has 2 atom stereocenters. The largest absolute Gasteiger partial charge is 0.341 e. The summed E-state index contributed by atoms with van der Waals surface area (Å²) in [7, 11) is 0. The number of nitrogens with zero attached hydrogens (tertiary/aromatic N) is 3. The minimum atomic E-state index is -0.433. The van der Waals surface area contributed by atoms with Crippen LogP contribution >= 0.6 is 0 Å². The third kappa shape index (κ3) is 2.35. The molecule has 2 aliphatic heterocycles. The van der Waals surface area contributed by atoms with Gasteiger partial charge < -0.3 is 10.2 Å². The van der Waals surface area contributed by atoms with E-state index in [1.54, 1.807) is 29.2 Å². The SMILES string of the molecule is CCCN1CC2=NC(=O)N[C@H](c3ccc(C#N)cc3)C2C1=O. The van der Waals surface area contributed by atoms with E-state index in [-0.39, 0.29) is 5.91 Å². The number of hydrogen-bond acceptors (Lipinski definition) is 3. The van der Waals surface area contributed by atoms with E-state index >= 15 is 0 Å². The highest BCUT2D eigenvalue weighted by Gasteiger charge is 2.45. The lowest BCUT2D eigenvalue weighted by Gasteiger charge is -2.27. The first-order valence-electron chi connectivity index (χ1n) is 7.31. The van der Waals surface area contributed by atoms with Crippen molar-refractivity contribution in [3.8, 4) is 6.07 Å². The summed E-state index contributed by atoms with van der Waals surface area (Å²) in [5, 5.41) is 11.6. The van der Waals surface area contributed by atoms with Gasteiger partial charge in [0.25, 0.3) is 0 Å². The molecule has 6 nitrogen and oxygen atoms in total. The summed E-state index contributed by atoms with van der Waals surface area (Å²) in [5.74, 6) is -0.424. The second kappa shape index (κ2) is 5.60. The molecule has 3 rings (SSSR count). The third-order valence-electron chi connectivity index (χ3n) is 4.04. The summed E-state index contributed by atoms with van der Waals surface area (Å²) in [6.45, 7) is 3.11. The van der Waals surface area contributed by atoms with Gasteiger partial charge in [-0.2, -0.15) is 5.26 Å². The van der Waals surface area contributed by atoms with E-state index in [1.165, 1.54) is 0 Å². The van der Waals surface area contributed by atoms with Crippen molar-refractivity contribution in [2.75, 3.05) is 13.1 Å². The van der Waals surface area contributed by atoms with Crippen LogP contribution in [0.5, 0.6) is 0 Å². The Labute approximate surface area is 128 Å². The summed E-state index contributed by atoms with van der Waals surface area (Å²) < 4.78 is 0. The lowest BCUT2D eigenvalue weighted by molar-refractivity contribution is -0.131. The minimum absolute atomic E-state index is 0.00922. The highest BCUT2D eigenvalue weighted by atomic mass is 16.2. The van der Waals surface area contributed by atoms with E-state index in [4.69, 9.17) is 5.26 Å². The Hall–Kier alpha value is -2.68. The average Bonchev–Trinajstić information content (AvgIpc) is 2.83. The van der Waals surface area contributed by atoms with E-state index in [9.17, 15) is 9.59 Å². The first-order valence-corrected chi connectivity index (χ1v) is 7.31. The van der Waals surface area contributed by atoms with Gasteiger partial charge in [-0.1, -0.05) is 19.1 Å². The zero-order valence-corrected chi connectivity index (χ0v) is 12.2. The molecule has 0 bridgehead atoms. The molecule has 0 aliphatic carbocycles. The van der Waals surface area contributed by atoms with E-state index in [0.29, 0.717) is 24.4 Å². The summed E-state index contributed by atoms with van der Waals surface area (Å²) >= 11 is 0. The van der Waals surface area contributed by atoms with Crippen molar-refractivity contribution in [2.24, 2.45) is 10.9 Å². The Balaban J connectivity index is 1.94. The summed E-state index contributed by atoms with van der Waals surface area (Å²) in [4.78, 5) is 30.1. The summed E-state index contributed by atoms with van der Waals surface area (Å²) in [6.07, 6.45) is 0.870. The number of amides is 3. The molecule has 112 valence electrons. The molecule has 3 amide bonds. The van der Waals surface area contributed by atoms with Crippen molar-refractivity contribution in [1.29, 1.82) is 5.26 Å². The maximum absolute atomic E-state index is 12.6. The van der Waals surface area contributed by atoms with Crippen LogP contribution in [0.15, 0.2) is 29.3 Å². The smallest absolute Gasteiger partial charge is 0.336 e. The van der Waals surface area contributed by atoms with Gasteiger partial charge in [-0.05, 0) is 24.1 Å². The molecule has 2 aliphatic rings. The maximum atomic E-state index is 12.6. The minimum Gasteiger partial charge on any atom is -0.336 e. The molecule has 2 heterocycles. The standard InChI is InChI=1S/C16H16N4O2/c1-2-7-20-9-12-13(15(20)21)14(19-16(22)18-12)11-5-3-10(8-17)4-6-11/h3-6,13-14H,2,7,9H2,1H3,(H,19,22)/t13?,14-/m1/s1. The van der Waals surface area contributed by atoms with E-state index < -0.39 is 18.0 Å². The number of likely N-dealkylation sites (tertiary alicyclic amines) is 1. The van der Waals surface area contributed by atoms with Gasteiger partial charge in [-0.3, -0.25) is 4.79 Å². The summed E-state index contributed by atoms with van der Waals surface area (Å²) in [6, 6.07) is 8.17. The van der Waals surface area contributed by atoms with Crippen LogP contribution in [0, 0.1) is 17.2 Å². The van der Waals surface area contributed by atoms with Crippen LogP contribution < -0.4 is 5.32 Å². The molecule has 1 unspecified atom stereocenters. The lowest BCUT2D eigenvalue weighted by Crippen LogP contribution is -2.42. The van der Waals surface area contributed by atoms with E-state index in [0.717, 1.165) is 12.0 Å².